The van der Waals surface area contributed by atoms with Gasteiger partial charge in [0.2, 0.25) is 11.7 Å². The zero-order chi connectivity index (χ0) is 22.5. The molecule has 0 spiro atoms. The van der Waals surface area contributed by atoms with Crippen molar-refractivity contribution in [2.75, 3.05) is 6.61 Å². The SMILES string of the molecule is CCOC(=O)C(Cc1ccccc1)NC(=O)C1CCn2c(C(=O)c3ccccc3)ccc21. The Kier molecular flexibility index (Phi) is 6.50. The van der Waals surface area contributed by atoms with Crippen molar-refractivity contribution in [2.24, 2.45) is 0 Å². The number of ether oxygens (including phenoxy) is 1. The first-order chi connectivity index (χ1) is 15.6. The van der Waals surface area contributed by atoms with Crippen LogP contribution in [-0.4, -0.2) is 34.9 Å². The molecule has 2 aromatic carbocycles. The molecule has 1 aromatic heterocycles. The van der Waals surface area contributed by atoms with Crippen LogP contribution in [0.3, 0.4) is 0 Å². The number of carbonyl (C=O) groups excluding carboxylic acids is 3. The number of benzene rings is 2. The van der Waals surface area contributed by atoms with Crippen molar-refractivity contribution in [3.63, 3.8) is 0 Å². The Morgan fingerprint density at radius 3 is 2.38 bits per heavy atom. The van der Waals surface area contributed by atoms with Crippen LogP contribution in [0.4, 0.5) is 0 Å². The normalized spacial score (nSPS) is 15.6. The topological polar surface area (TPSA) is 77.4 Å². The summed E-state index contributed by atoms with van der Waals surface area (Å²) in [6, 6.07) is 21.5. The van der Waals surface area contributed by atoms with Crippen molar-refractivity contribution in [3.8, 4) is 0 Å². The summed E-state index contributed by atoms with van der Waals surface area (Å²) in [6.07, 6.45) is 0.939. The standard InChI is InChI=1S/C26H26N2O4/c1-2-32-26(31)21(17-18-9-5-3-6-10-18)27-25(30)20-15-16-28-22(20)13-14-23(28)24(29)19-11-7-4-8-12-19/h3-14,20-21H,2,15-17H2,1H3,(H,27,30). The molecule has 2 unspecified atom stereocenters. The van der Waals surface area contributed by atoms with E-state index < -0.39 is 17.9 Å². The van der Waals surface area contributed by atoms with E-state index in [1.54, 1.807) is 25.1 Å². The Hall–Kier alpha value is -3.67. The molecule has 2 atom stereocenters. The number of amides is 1. The van der Waals surface area contributed by atoms with Crippen molar-refractivity contribution in [3.05, 3.63) is 95.3 Å². The summed E-state index contributed by atoms with van der Waals surface area (Å²) >= 11 is 0. The summed E-state index contributed by atoms with van der Waals surface area (Å²) in [5.41, 5.74) is 2.93. The lowest BCUT2D eigenvalue weighted by atomic mass is 10.0. The van der Waals surface area contributed by atoms with Crippen LogP contribution in [0.15, 0.2) is 72.8 Å². The zero-order valence-electron chi connectivity index (χ0n) is 18.0. The highest BCUT2D eigenvalue weighted by Gasteiger charge is 2.34. The number of nitrogens with zero attached hydrogens (tertiary/aromatic N) is 1. The number of nitrogens with one attached hydrogen (secondary N) is 1. The van der Waals surface area contributed by atoms with E-state index in [1.807, 2.05) is 59.2 Å². The molecule has 0 aliphatic carbocycles. The molecular formula is C26H26N2O4. The fraction of sp³-hybridized carbons (Fsp3) is 0.269. The minimum absolute atomic E-state index is 0.0635. The van der Waals surface area contributed by atoms with Gasteiger partial charge in [0, 0.05) is 24.2 Å². The van der Waals surface area contributed by atoms with Gasteiger partial charge in [0.25, 0.3) is 0 Å². The third-order valence-electron chi connectivity index (χ3n) is 5.77. The van der Waals surface area contributed by atoms with Gasteiger partial charge in [-0.25, -0.2) is 4.79 Å². The highest BCUT2D eigenvalue weighted by molar-refractivity contribution is 6.08. The van der Waals surface area contributed by atoms with Crippen LogP contribution >= 0.6 is 0 Å². The van der Waals surface area contributed by atoms with Gasteiger partial charge in [0.15, 0.2) is 0 Å². The van der Waals surface area contributed by atoms with E-state index in [0.717, 1.165) is 11.3 Å². The van der Waals surface area contributed by atoms with E-state index in [2.05, 4.69) is 5.32 Å². The van der Waals surface area contributed by atoms with Crippen molar-refractivity contribution >= 4 is 17.7 Å². The van der Waals surface area contributed by atoms with Gasteiger partial charge in [-0.3, -0.25) is 9.59 Å². The number of ketones is 1. The fourth-order valence-corrected chi connectivity index (χ4v) is 4.20. The molecule has 0 saturated carbocycles. The van der Waals surface area contributed by atoms with E-state index in [-0.39, 0.29) is 18.3 Å². The van der Waals surface area contributed by atoms with E-state index in [0.29, 0.717) is 30.6 Å². The summed E-state index contributed by atoms with van der Waals surface area (Å²) in [4.78, 5) is 38.6. The Morgan fingerprint density at radius 2 is 1.69 bits per heavy atom. The second-order valence-electron chi connectivity index (χ2n) is 7.83. The minimum atomic E-state index is -0.765. The van der Waals surface area contributed by atoms with Gasteiger partial charge < -0.3 is 14.6 Å². The van der Waals surface area contributed by atoms with Crippen molar-refractivity contribution in [1.82, 2.24) is 9.88 Å². The molecule has 6 heteroatoms. The average Bonchev–Trinajstić information content (AvgIpc) is 3.42. The number of rotatable bonds is 8. The van der Waals surface area contributed by atoms with E-state index in [4.69, 9.17) is 4.74 Å². The lowest BCUT2D eigenvalue weighted by Crippen LogP contribution is -2.45. The molecule has 0 saturated heterocycles. The van der Waals surface area contributed by atoms with E-state index >= 15 is 0 Å². The Bertz CT molecular complexity index is 1110. The maximum Gasteiger partial charge on any atom is 0.328 e. The third-order valence-corrected chi connectivity index (χ3v) is 5.77. The first-order valence-electron chi connectivity index (χ1n) is 10.9. The number of aromatic nitrogens is 1. The molecule has 4 rings (SSSR count). The summed E-state index contributed by atoms with van der Waals surface area (Å²) in [6.45, 7) is 2.57. The molecule has 2 heterocycles. The smallest absolute Gasteiger partial charge is 0.328 e. The molecule has 0 bridgehead atoms. The number of hydrogen-bond donors (Lipinski definition) is 1. The largest absolute Gasteiger partial charge is 0.464 e. The van der Waals surface area contributed by atoms with E-state index in [1.165, 1.54) is 0 Å². The van der Waals surface area contributed by atoms with Crippen LogP contribution in [0.1, 0.15) is 46.6 Å². The Labute approximate surface area is 187 Å². The number of esters is 1. The molecule has 164 valence electrons. The molecule has 3 aromatic rings. The first kappa shape index (κ1) is 21.6. The molecule has 1 aliphatic heterocycles. The number of carbonyl (C=O) groups is 3. The number of fused-ring (bicyclic) bond motifs is 1. The Balaban J connectivity index is 1.51. The molecule has 1 amide bonds. The van der Waals surface area contributed by atoms with Crippen LogP contribution in [-0.2, 0) is 27.3 Å². The molecule has 1 aliphatic rings. The summed E-state index contributed by atoms with van der Waals surface area (Å²) in [5, 5.41) is 2.89. The monoisotopic (exact) mass is 430 g/mol. The van der Waals surface area contributed by atoms with Gasteiger partial charge in [-0.1, -0.05) is 60.7 Å². The lowest BCUT2D eigenvalue weighted by molar-refractivity contribution is -0.147. The maximum atomic E-state index is 13.1. The second-order valence-corrected chi connectivity index (χ2v) is 7.83. The Morgan fingerprint density at radius 1 is 1.00 bits per heavy atom. The van der Waals surface area contributed by atoms with Crippen LogP contribution in [0.2, 0.25) is 0 Å². The zero-order valence-corrected chi connectivity index (χ0v) is 18.0. The van der Waals surface area contributed by atoms with Gasteiger partial charge in [0.1, 0.15) is 6.04 Å². The summed E-state index contributed by atoms with van der Waals surface area (Å²) < 4.78 is 7.10. The molecule has 0 radical (unpaired) electrons. The van der Waals surface area contributed by atoms with Crippen molar-refractivity contribution in [1.29, 1.82) is 0 Å². The van der Waals surface area contributed by atoms with E-state index in [9.17, 15) is 14.4 Å². The lowest BCUT2D eigenvalue weighted by Gasteiger charge is -2.19. The molecule has 32 heavy (non-hydrogen) atoms. The van der Waals surface area contributed by atoms with Crippen LogP contribution in [0.5, 0.6) is 0 Å². The molecule has 0 fully saturated rings. The molecular weight excluding hydrogens is 404 g/mol. The number of hydrogen-bond acceptors (Lipinski definition) is 4. The van der Waals surface area contributed by atoms with Gasteiger partial charge in [-0.15, -0.1) is 0 Å². The van der Waals surface area contributed by atoms with Crippen molar-refractivity contribution in [2.45, 2.75) is 38.3 Å². The first-order valence-corrected chi connectivity index (χ1v) is 10.9. The highest BCUT2D eigenvalue weighted by Crippen LogP contribution is 2.31. The second kappa shape index (κ2) is 9.64. The summed E-state index contributed by atoms with van der Waals surface area (Å²) in [5.74, 6) is -1.15. The predicted octanol–water partition coefficient (Wildman–Crippen LogP) is 3.50. The average molecular weight is 431 g/mol. The van der Waals surface area contributed by atoms with Gasteiger partial charge >= 0.3 is 5.97 Å². The fourth-order valence-electron chi connectivity index (χ4n) is 4.20. The molecule has 6 nitrogen and oxygen atoms in total. The van der Waals surface area contributed by atoms with Crippen LogP contribution in [0.25, 0.3) is 0 Å². The van der Waals surface area contributed by atoms with Gasteiger partial charge in [-0.2, -0.15) is 0 Å². The molecule has 1 N–H and O–H groups in total. The van der Waals surface area contributed by atoms with Crippen LogP contribution < -0.4 is 5.32 Å². The minimum Gasteiger partial charge on any atom is -0.464 e. The van der Waals surface area contributed by atoms with Gasteiger partial charge in [0.05, 0.1) is 18.2 Å². The van der Waals surface area contributed by atoms with Crippen molar-refractivity contribution < 1.29 is 19.1 Å². The quantitative estimate of drug-likeness (QED) is 0.438. The van der Waals surface area contributed by atoms with Crippen LogP contribution in [0, 0.1) is 0 Å². The third kappa shape index (κ3) is 4.49. The summed E-state index contributed by atoms with van der Waals surface area (Å²) in [7, 11) is 0. The maximum absolute atomic E-state index is 13.1. The predicted molar refractivity (Wildman–Crippen MR) is 120 cm³/mol. The van der Waals surface area contributed by atoms with Gasteiger partial charge in [-0.05, 0) is 31.0 Å². The highest BCUT2D eigenvalue weighted by atomic mass is 16.5.